The van der Waals surface area contributed by atoms with Crippen LogP contribution in [0.3, 0.4) is 0 Å². The van der Waals surface area contributed by atoms with Crippen molar-refractivity contribution in [1.82, 2.24) is 34.6 Å². The molecule has 0 bridgehead atoms. The fourth-order valence-electron chi connectivity index (χ4n) is 3.26. The second kappa shape index (κ2) is 5.52. The first-order chi connectivity index (χ1) is 11.5. The molecular formula is C15H20N8O. The molecule has 4 rings (SSSR count). The zero-order chi connectivity index (χ0) is 16.7. The standard InChI is InChI=1S/C15H20N8O/c1-11-17-12-4-5-13(20-23(12)19-11)22-7-3-6-15(24,9-22)8-14-18-16-10-21(14)2/h4-5,10,24H,3,6-9H2,1-2H3. The summed E-state index contributed by atoms with van der Waals surface area (Å²) in [7, 11) is 1.89. The van der Waals surface area contributed by atoms with Crippen LogP contribution in [-0.2, 0) is 13.5 Å². The Morgan fingerprint density at radius 2 is 2.17 bits per heavy atom. The number of anilines is 1. The van der Waals surface area contributed by atoms with E-state index in [9.17, 15) is 5.11 Å². The molecule has 1 N–H and O–H groups in total. The van der Waals surface area contributed by atoms with Crippen molar-refractivity contribution in [1.29, 1.82) is 0 Å². The number of hydrogen-bond acceptors (Lipinski definition) is 7. The van der Waals surface area contributed by atoms with Crippen molar-refractivity contribution in [2.45, 2.75) is 31.8 Å². The number of rotatable bonds is 3. The van der Waals surface area contributed by atoms with Crippen LogP contribution in [0.2, 0.25) is 0 Å². The minimum atomic E-state index is -0.839. The summed E-state index contributed by atoms with van der Waals surface area (Å²) >= 11 is 0. The van der Waals surface area contributed by atoms with Crippen LogP contribution in [0.15, 0.2) is 18.5 Å². The maximum atomic E-state index is 11.0. The lowest BCUT2D eigenvalue weighted by Crippen LogP contribution is -2.50. The quantitative estimate of drug-likeness (QED) is 0.730. The van der Waals surface area contributed by atoms with E-state index < -0.39 is 5.60 Å². The van der Waals surface area contributed by atoms with Crippen LogP contribution < -0.4 is 4.90 Å². The van der Waals surface area contributed by atoms with Gasteiger partial charge < -0.3 is 14.6 Å². The Hall–Kier alpha value is -2.55. The van der Waals surface area contributed by atoms with E-state index in [0.29, 0.717) is 18.8 Å². The molecule has 1 unspecified atom stereocenters. The fraction of sp³-hybridized carbons (Fsp3) is 0.533. The molecule has 0 aromatic carbocycles. The van der Waals surface area contributed by atoms with Crippen LogP contribution in [-0.4, -0.2) is 58.4 Å². The van der Waals surface area contributed by atoms with E-state index in [1.165, 1.54) is 0 Å². The van der Waals surface area contributed by atoms with Gasteiger partial charge in [0, 0.05) is 26.6 Å². The summed E-state index contributed by atoms with van der Waals surface area (Å²) in [6.45, 7) is 3.20. The SMILES string of the molecule is Cc1nc2ccc(N3CCCC(O)(Cc4nncn4C)C3)nn2n1. The van der Waals surface area contributed by atoms with E-state index in [0.717, 1.165) is 36.7 Å². The first-order valence-electron chi connectivity index (χ1n) is 8.03. The third-order valence-corrected chi connectivity index (χ3v) is 4.47. The van der Waals surface area contributed by atoms with Crippen LogP contribution in [0.1, 0.15) is 24.5 Å². The van der Waals surface area contributed by atoms with Gasteiger partial charge >= 0.3 is 0 Å². The lowest BCUT2D eigenvalue weighted by atomic mass is 9.89. The third kappa shape index (κ3) is 2.71. The minimum Gasteiger partial charge on any atom is -0.388 e. The lowest BCUT2D eigenvalue weighted by Gasteiger charge is -2.39. The van der Waals surface area contributed by atoms with Crippen LogP contribution in [0.4, 0.5) is 5.82 Å². The summed E-state index contributed by atoms with van der Waals surface area (Å²) in [4.78, 5) is 6.38. The lowest BCUT2D eigenvalue weighted by molar-refractivity contribution is 0.0235. The molecule has 0 saturated carbocycles. The summed E-state index contributed by atoms with van der Waals surface area (Å²) in [6.07, 6.45) is 3.76. The monoisotopic (exact) mass is 328 g/mol. The van der Waals surface area contributed by atoms with Gasteiger partial charge in [-0.15, -0.1) is 25.0 Å². The molecule has 3 aromatic rings. The maximum Gasteiger partial charge on any atom is 0.176 e. The molecule has 9 heteroatoms. The van der Waals surface area contributed by atoms with Crippen molar-refractivity contribution in [3.8, 4) is 0 Å². The number of aromatic nitrogens is 7. The Kier molecular flexibility index (Phi) is 3.45. The predicted molar refractivity (Wildman–Crippen MR) is 86.6 cm³/mol. The van der Waals surface area contributed by atoms with Crippen molar-refractivity contribution < 1.29 is 5.11 Å². The molecule has 1 fully saturated rings. The average molecular weight is 328 g/mol. The second-order valence-corrected chi connectivity index (χ2v) is 6.48. The smallest absolute Gasteiger partial charge is 0.176 e. The highest BCUT2D eigenvalue weighted by Gasteiger charge is 2.35. The van der Waals surface area contributed by atoms with E-state index in [1.54, 1.807) is 11.0 Å². The molecule has 1 aliphatic heterocycles. The average Bonchev–Trinajstić information content (AvgIpc) is 3.11. The Balaban J connectivity index is 1.57. The number of β-amino-alcohol motifs (C(OH)–C–C–N with tert-alkyl or cyclic N) is 1. The largest absolute Gasteiger partial charge is 0.388 e. The van der Waals surface area contributed by atoms with E-state index in [1.807, 2.05) is 30.7 Å². The van der Waals surface area contributed by atoms with Crippen molar-refractivity contribution in [2.75, 3.05) is 18.0 Å². The Bertz CT molecular complexity index is 871. The van der Waals surface area contributed by atoms with Gasteiger partial charge in [-0.25, -0.2) is 4.98 Å². The number of nitrogens with zero attached hydrogens (tertiary/aromatic N) is 8. The minimum absolute atomic E-state index is 0.477. The Morgan fingerprint density at radius 1 is 1.29 bits per heavy atom. The zero-order valence-electron chi connectivity index (χ0n) is 13.8. The molecule has 126 valence electrons. The molecule has 0 spiro atoms. The number of aliphatic hydroxyl groups is 1. The van der Waals surface area contributed by atoms with Crippen molar-refractivity contribution in [3.05, 3.63) is 30.1 Å². The highest BCUT2D eigenvalue weighted by molar-refractivity contribution is 5.46. The third-order valence-electron chi connectivity index (χ3n) is 4.47. The normalized spacial score (nSPS) is 21.5. The van der Waals surface area contributed by atoms with Gasteiger partial charge in [0.1, 0.15) is 18.0 Å². The highest BCUT2D eigenvalue weighted by Crippen LogP contribution is 2.27. The highest BCUT2D eigenvalue weighted by atomic mass is 16.3. The van der Waals surface area contributed by atoms with Gasteiger partial charge in [-0.2, -0.15) is 0 Å². The van der Waals surface area contributed by atoms with Gasteiger partial charge in [-0.3, -0.25) is 0 Å². The first-order valence-corrected chi connectivity index (χ1v) is 8.03. The van der Waals surface area contributed by atoms with Gasteiger partial charge in [0.2, 0.25) is 0 Å². The fourth-order valence-corrected chi connectivity index (χ4v) is 3.26. The Morgan fingerprint density at radius 3 is 2.96 bits per heavy atom. The molecular weight excluding hydrogens is 308 g/mol. The van der Waals surface area contributed by atoms with E-state index in [2.05, 4.69) is 30.3 Å². The summed E-state index contributed by atoms with van der Waals surface area (Å²) in [5.74, 6) is 2.27. The summed E-state index contributed by atoms with van der Waals surface area (Å²) in [5.41, 5.74) is -0.115. The van der Waals surface area contributed by atoms with Crippen LogP contribution in [0.25, 0.3) is 5.65 Å². The molecule has 0 amide bonds. The summed E-state index contributed by atoms with van der Waals surface area (Å²) < 4.78 is 3.39. The molecule has 1 atom stereocenters. The van der Waals surface area contributed by atoms with E-state index in [4.69, 9.17) is 0 Å². The van der Waals surface area contributed by atoms with Crippen LogP contribution in [0.5, 0.6) is 0 Å². The van der Waals surface area contributed by atoms with Crippen LogP contribution in [0, 0.1) is 6.92 Å². The number of piperidine rings is 1. The summed E-state index contributed by atoms with van der Waals surface area (Å²) in [6, 6.07) is 3.83. The van der Waals surface area contributed by atoms with Gasteiger partial charge in [-0.05, 0) is 31.9 Å². The first kappa shape index (κ1) is 15.0. The van der Waals surface area contributed by atoms with E-state index >= 15 is 0 Å². The molecule has 4 heterocycles. The molecule has 1 aliphatic rings. The number of fused-ring (bicyclic) bond motifs is 1. The van der Waals surface area contributed by atoms with Crippen molar-refractivity contribution in [2.24, 2.45) is 7.05 Å². The summed E-state index contributed by atoms with van der Waals surface area (Å²) in [5, 5.41) is 27.8. The van der Waals surface area contributed by atoms with Crippen molar-refractivity contribution >= 4 is 11.5 Å². The van der Waals surface area contributed by atoms with Gasteiger partial charge in [-0.1, -0.05) is 0 Å². The molecule has 0 aliphatic carbocycles. The molecule has 3 aromatic heterocycles. The van der Waals surface area contributed by atoms with Crippen molar-refractivity contribution in [3.63, 3.8) is 0 Å². The molecule has 24 heavy (non-hydrogen) atoms. The Labute approximate surface area is 138 Å². The molecule has 9 nitrogen and oxygen atoms in total. The second-order valence-electron chi connectivity index (χ2n) is 6.48. The zero-order valence-corrected chi connectivity index (χ0v) is 13.8. The maximum absolute atomic E-state index is 11.0. The van der Waals surface area contributed by atoms with Gasteiger partial charge in [0.05, 0.1) is 5.60 Å². The predicted octanol–water partition coefficient (Wildman–Crippen LogP) is 0.135. The number of aryl methyl sites for hydroxylation is 2. The number of hydrogen-bond donors (Lipinski definition) is 1. The molecule has 0 radical (unpaired) electrons. The van der Waals surface area contributed by atoms with Gasteiger partial charge in [0.25, 0.3) is 0 Å². The van der Waals surface area contributed by atoms with Crippen LogP contribution >= 0.6 is 0 Å². The molecule has 1 saturated heterocycles. The van der Waals surface area contributed by atoms with E-state index in [-0.39, 0.29) is 0 Å². The van der Waals surface area contributed by atoms with Gasteiger partial charge in [0.15, 0.2) is 11.5 Å². The topological polar surface area (TPSA) is 97.3 Å².